The van der Waals surface area contributed by atoms with Gasteiger partial charge in [-0.25, -0.2) is 0 Å². The highest BCUT2D eigenvalue weighted by Gasteiger charge is 2.30. The van der Waals surface area contributed by atoms with E-state index >= 15 is 0 Å². The van der Waals surface area contributed by atoms with Crippen LogP contribution in [0.3, 0.4) is 0 Å². The molecule has 28 heavy (non-hydrogen) atoms. The van der Waals surface area contributed by atoms with Gasteiger partial charge in [-0.2, -0.15) is 0 Å². The maximum atomic E-state index is 11.1. The van der Waals surface area contributed by atoms with Crippen molar-refractivity contribution < 1.29 is 33.5 Å². The maximum Gasteiger partial charge on any atom is 0.207 e. The minimum atomic E-state index is -0.955. The van der Waals surface area contributed by atoms with Crippen molar-refractivity contribution in [3.05, 3.63) is 46.5 Å². The van der Waals surface area contributed by atoms with E-state index in [0.717, 1.165) is 5.56 Å². The molecule has 7 nitrogen and oxygen atoms in total. The van der Waals surface area contributed by atoms with E-state index in [0.29, 0.717) is 52.9 Å². The molecule has 1 unspecified atom stereocenters. The van der Waals surface area contributed by atoms with Gasteiger partial charge in [0.25, 0.3) is 0 Å². The van der Waals surface area contributed by atoms with Crippen molar-refractivity contribution >= 4 is 0 Å². The Morgan fingerprint density at radius 1 is 0.821 bits per heavy atom. The standard InChI is InChI=1S/C21H26O7/c1-12-15(18(24-3)20(26-5)19(25-4)17(12)23-2)16(22)13-6-8-14(9-7-13)21-27-10-11-28-21/h6-9,16,21-22H,10-11H2,1-5H3. The fraction of sp³-hybridized carbons (Fsp3) is 0.429. The second-order valence-corrected chi connectivity index (χ2v) is 6.31. The molecule has 2 aromatic carbocycles. The van der Waals surface area contributed by atoms with E-state index < -0.39 is 6.10 Å². The van der Waals surface area contributed by atoms with Crippen LogP contribution in [0.2, 0.25) is 0 Å². The van der Waals surface area contributed by atoms with Crippen LogP contribution in [0.4, 0.5) is 0 Å². The van der Waals surface area contributed by atoms with E-state index in [1.54, 1.807) is 7.11 Å². The molecule has 0 spiro atoms. The van der Waals surface area contributed by atoms with Gasteiger partial charge in [0, 0.05) is 16.7 Å². The fourth-order valence-electron chi connectivity index (χ4n) is 3.49. The van der Waals surface area contributed by atoms with Crippen LogP contribution in [0.25, 0.3) is 0 Å². The molecular weight excluding hydrogens is 364 g/mol. The molecule has 0 amide bonds. The van der Waals surface area contributed by atoms with Crippen LogP contribution in [0.1, 0.15) is 34.6 Å². The average Bonchev–Trinajstić information content (AvgIpc) is 3.27. The van der Waals surface area contributed by atoms with Crippen LogP contribution in [0.5, 0.6) is 23.0 Å². The molecule has 1 atom stereocenters. The van der Waals surface area contributed by atoms with Crippen molar-refractivity contribution in [1.82, 2.24) is 0 Å². The minimum absolute atomic E-state index is 0.358. The highest BCUT2D eigenvalue weighted by Crippen LogP contribution is 2.51. The van der Waals surface area contributed by atoms with E-state index in [2.05, 4.69) is 0 Å². The zero-order chi connectivity index (χ0) is 20.3. The van der Waals surface area contributed by atoms with Crippen LogP contribution in [-0.2, 0) is 9.47 Å². The Balaban J connectivity index is 2.06. The normalized spacial score (nSPS) is 15.4. The molecule has 2 aromatic rings. The number of ether oxygens (including phenoxy) is 6. The number of rotatable bonds is 7. The van der Waals surface area contributed by atoms with Gasteiger partial charge in [0.15, 0.2) is 17.8 Å². The van der Waals surface area contributed by atoms with Crippen molar-refractivity contribution in [2.45, 2.75) is 19.3 Å². The van der Waals surface area contributed by atoms with Crippen molar-refractivity contribution in [3.8, 4) is 23.0 Å². The summed E-state index contributed by atoms with van der Waals surface area (Å²) < 4.78 is 33.1. The first-order chi connectivity index (χ1) is 13.6. The summed E-state index contributed by atoms with van der Waals surface area (Å²) in [4.78, 5) is 0. The molecule has 1 aliphatic rings. The lowest BCUT2D eigenvalue weighted by molar-refractivity contribution is -0.0441. The van der Waals surface area contributed by atoms with Crippen molar-refractivity contribution in [2.24, 2.45) is 0 Å². The molecule has 152 valence electrons. The maximum absolute atomic E-state index is 11.1. The molecule has 3 rings (SSSR count). The van der Waals surface area contributed by atoms with E-state index in [-0.39, 0.29) is 6.29 Å². The second-order valence-electron chi connectivity index (χ2n) is 6.31. The topological polar surface area (TPSA) is 75.6 Å². The number of aliphatic hydroxyl groups is 1. The van der Waals surface area contributed by atoms with E-state index in [4.69, 9.17) is 28.4 Å². The van der Waals surface area contributed by atoms with Crippen LogP contribution in [0, 0.1) is 6.92 Å². The molecule has 1 aliphatic heterocycles. The molecule has 0 aliphatic carbocycles. The number of aliphatic hydroxyl groups excluding tert-OH is 1. The first kappa shape index (κ1) is 20.3. The SMILES string of the molecule is COc1c(C)c(C(O)c2ccc(C3OCCO3)cc2)c(OC)c(OC)c1OC. The van der Waals surface area contributed by atoms with E-state index in [1.807, 2.05) is 31.2 Å². The molecular formula is C21H26O7. The summed E-state index contributed by atoms with van der Waals surface area (Å²) in [6.45, 7) is 3.00. The lowest BCUT2D eigenvalue weighted by Gasteiger charge is -2.24. The number of methoxy groups -OCH3 is 4. The first-order valence-electron chi connectivity index (χ1n) is 8.94. The summed E-state index contributed by atoms with van der Waals surface area (Å²) in [7, 11) is 6.11. The Morgan fingerprint density at radius 3 is 1.82 bits per heavy atom. The zero-order valence-electron chi connectivity index (χ0n) is 16.8. The Morgan fingerprint density at radius 2 is 1.32 bits per heavy atom. The Bertz CT molecular complexity index is 811. The van der Waals surface area contributed by atoms with Gasteiger partial charge in [0.2, 0.25) is 11.5 Å². The van der Waals surface area contributed by atoms with Crippen LogP contribution >= 0.6 is 0 Å². The number of hydrogen-bond donors (Lipinski definition) is 1. The molecule has 7 heteroatoms. The molecule has 1 saturated heterocycles. The quantitative estimate of drug-likeness (QED) is 0.778. The largest absolute Gasteiger partial charge is 0.492 e. The molecule has 0 aromatic heterocycles. The minimum Gasteiger partial charge on any atom is -0.492 e. The highest BCUT2D eigenvalue weighted by atomic mass is 16.7. The van der Waals surface area contributed by atoms with Gasteiger partial charge >= 0.3 is 0 Å². The number of benzene rings is 2. The number of hydrogen-bond acceptors (Lipinski definition) is 7. The van der Waals surface area contributed by atoms with Crippen molar-refractivity contribution in [3.63, 3.8) is 0 Å². The Labute approximate surface area is 164 Å². The summed E-state index contributed by atoms with van der Waals surface area (Å²) in [6.07, 6.45) is -1.31. The first-order valence-corrected chi connectivity index (χ1v) is 8.94. The molecule has 0 saturated carbocycles. The van der Waals surface area contributed by atoms with Gasteiger partial charge < -0.3 is 33.5 Å². The van der Waals surface area contributed by atoms with Gasteiger partial charge in [-0.3, -0.25) is 0 Å². The third-order valence-corrected chi connectivity index (χ3v) is 4.84. The lowest BCUT2D eigenvalue weighted by Crippen LogP contribution is -2.09. The predicted molar refractivity (Wildman–Crippen MR) is 103 cm³/mol. The van der Waals surface area contributed by atoms with Crippen molar-refractivity contribution in [2.75, 3.05) is 41.7 Å². The van der Waals surface area contributed by atoms with Gasteiger partial charge in [0.05, 0.1) is 41.7 Å². The summed E-state index contributed by atoms with van der Waals surface area (Å²) >= 11 is 0. The lowest BCUT2D eigenvalue weighted by atomic mass is 9.94. The summed E-state index contributed by atoms with van der Waals surface area (Å²) in [5, 5.41) is 11.1. The third kappa shape index (κ3) is 3.48. The predicted octanol–water partition coefficient (Wildman–Crippen LogP) is 3.16. The van der Waals surface area contributed by atoms with Gasteiger partial charge in [-0.1, -0.05) is 24.3 Å². The monoisotopic (exact) mass is 390 g/mol. The van der Waals surface area contributed by atoms with Crippen LogP contribution < -0.4 is 18.9 Å². The average molecular weight is 390 g/mol. The van der Waals surface area contributed by atoms with E-state index in [9.17, 15) is 5.11 Å². The van der Waals surface area contributed by atoms with Gasteiger partial charge in [-0.15, -0.1) is 0 Å². The molecule has 0 radical (unpaired) electrons. The zero-order valence-corrected chi connectivity index (χ0v) is 16.8. The summed E-state index contributed by atoms with van der Waals surface area (Å²) in [5.74, 6) is 1.67. The molecule has 1 heterocycles. The molecule has 1 N–H and O–H groups in total. The molecule has 0 bridgehead atoms. The fourth-order valence-corrected chi connectivity index (χ4v) is 3.49. The summed E-state index contributed by atoms with van der Waals surface area (Å²) in [5.41, 5.74) is 2.86. The highest BCUT2D eigenvalue weighted by molar-refractivity contribution is 5.68. The second kappa shape index (κ2) is 8.68. The van der Waals surface area contributed by atoms with E-state index in [1.165, 1.54) is 21.3 Å². The smallest absolute Gasteiger partial charge is 0.207 e. The van der Waals surface area contributed by atoms with Gasteiger partial charge in [0.1, 0.15) is 6.10 Å². The van der Waals surface area contributed by atoms with Gasteiger partial charge in [-0.05, 0) is 12.5 Å². The summed E-state index contributed by atoms with van der Waals surface area (Å²) in [6, 6.07) is 7.45. The van der Waals surface area contributed by atoms with Crippen LogP contribution in [0.15, 0.2) is 24.3 Å². The van der Waals surface area contributed by atoms with Crippen molar-refractivity contribution in [1.29, 1.82) is 0 Å². The Kier molecular flexibility index (Phi) is 6.28. The molecule has 1 fully saturated rings. The Hall–Kier alpha value is -2.48. The third-order valence-electron chi connectivity index (χ3n) is 4.84. The van der Waals surface area contributed by atoms with Crippen LogP contribution in [-0.4, -0.2) is 46.8 Å².